The first-order chi connectivity index (χ1) is 16.0. The molecule has 2 aromatic rings. The molecule has 1 fully saturated rings. The minimum absolute atomic E-state index is 0.00644. The Balaban J connectivity index is 1.68. The zero-order chi connectivity index (χ0) is 23.4. The summed E-state index contributed by atoms with van der Waals surface area (Å²) in [4.78, 5) is 42.7. The van der Waals surface area contributed by atoms with Gasteiger partial charge in [0.05, 0.1) is 12.7 Å². The van der Waals surface area contributed by atoms with Gasteiger partial charge in [-0.2, -0.15) is 0 Å². The monoisotopic (exact) mass is 449 g/mol. The van der Waals surface area contributed by atoms with Crippen LogP contribution < -0.4 is 10.1 Å². The maximum Gasteiger partial charge on any atom is 0.258 e. The van der Waals surface area contributed by atoms with Gasteiger partial charge in [0.15, 0.2) is 0 Å². The Kier molecular flexibility index (Phi) is 6.96. The quantitative estimate of drug-likeness (QED) is 0.756. The summed E-state index contributed by atoms with van der Waals surface area (Å²) in [6.07, 6.45) is 3.97. The van der Waals surface area contributed by atoms with Crippen LogP contribution in [0.15, 0.2) is 42.5 Å². The third-order valence-electron chi connectivity index (χ3n) is 6.49. The number of piperidine rings is 1. The molecular formula is C26H31N3O4. The van der Waals surface area contributed by atoms with E-state index in [0.717, 1.165) is 43.5 Å². The number of nitrogens with zero attached hydrogens (tertiary/aromatic N) is 2. The molecule has 2 aliphatic rings. The lowest BCUT2D eigenvalue weighted by Gasteiger charge is -2.40. The number of likely N-dealkylation sites (tertiary alicyclic amines) is 1. The van der Waals surface area contributed by atoms with Crippen LogP contribution in [0.4, 0.5) is 5.69 Å². The highest BCUT2D eigenvalue weighted by atomic mass is 16.5. The zero-order valence-corrected chi connectivity index (χ0v) is 19.3. The number of carbonyl (C=O) groups is 3. The molecule has 0 bridgehead atoms. The molecule has 2 aromatic carbocycles. The second-order valence-corrected chi connectivity index (χ2v) is 8.62. The van der Waals surface area contributed by atoms with Gasteiger partial charge >= 0.3 is 0 Å². The van der Waals surface area contributed by atoms with Gasteiger partial charge in [-0.3, -0.25) is 14.4 Å². The second kappa shape index (κ2) is 10.1. The molecule has 7 nitrogen and oxygen atoms in total. The van der Waals surface area contributed by atoms with E-state index in [-0.39, 0.29) is 17.7 Å². The lowest BCUT2D eigenvalue weighted by molar-refractivity contribution is -0.137. The molecule has 1 unspecified atom stereocenters. The SMILES string of the molecule is CCC(=O)Nc1ccc2c(c1)CN(C(=O)c1ccccc1OC)C(C(=O)N1CCCCC1)C2. The number of para-hydroxylation sites is 1. The van der Waals surface area contributed by atoms with E-state index in [9.17, 15) is 14.4 Å². The Bertz CT molecular complexity index is 1050. The summed E-state index contributed by atoms with van der Waals surface area (Å²) in [7, 11) is 1.54. The molecular weight excluding hydrogens is 418 g/mol. The number of rotatable bonds is 5. The van der Waals surface area contributed by atoms with Crippen molar-refractivity contribution in [1.29, 1.82) is 0 Å². The fourth-order valence-electron chi connectivity index (χ4n) is 4.65. The maximum atomic E-state index is 13.7. The molecule has 1 N–H and O–H groups in total. The Labute approximate surface area is 194 Å². The van der Waals surface area contributed by atoms with Crippen LogP contribution in [0.25, 0.3) is 0 Å². The number of fused-ring (bicyclic) bond motifs is 1. The first-order valence-corrected chi connectivity index (χ1v) is 11.7. The molecule has 1 atom stereocenters. The van der Waals surface area contributed by atoms with Gasteiger partial charge < -0.3 is 19.9 Å². The molecule has 3 amide bonds. The maximum absolute atomic E-state index is 13.7. The van der Waals surface area contributed by atoms with Gasteiger partial charge in [-0.15, -0.1) is 0 Å². The average Bonchev–Trinajstić information content (AvgIpc) is 2.87. The molecule has 0 aromatic heterocycles. The third-order valence-corrected chi connectivity index (χ3v) is 6.49. The number of hydrogen-bond acceptors (Lipinski definition) is 4. The summed E-state index contributed by atoms with van der Waals surface area (Å²) in [6.45, 7) is 3.58. The van der Waals surface area contributed by atoms with Crippen LogP contribution in [0.5, 0.6) is 5.75 Å². The summed E-state index contributed by atoms with van der Waals surface area (Å²) in [5.41, 5.74) is 3.11. The highest BCUT2D eigenvalue weighted by molar-refractivity contribution is 6.00. The molecule has 33 heavy (non-hydrogen) atoms. The summed E-state index contributed by atoms with van der Waals surface area (Å²) >= 11 is 0. The predicted octanol–water partition coefficient (Wildman–Crippen LogP) is 3.62. The molecule has 0 aliphatic carbocycles. The molecule has 0 spiro atoms. The Hall–Kier alpha value is -3.35. The van der Waals surface area contributed by atoms with Crippen molar-refractivity contribution in [3.05, 3.63) is 59.2 Å². The largest absolute Gasteiger partial charge is 0.496 e. The standard InChI is InChI=1S/C26H31N3O4/c1-3-24(30)27-20-12-11-18-16-22(26(32)28-13-7-4-8-14-28)29(17-19(18)15-20)25(31)21-9-5-6-10-23(21)33-2/h5-6,9-12,15,22H,3-4,7-8,13-14,16-17H2,1-2H3,(H,27,30). The zero-order valence-electron chi connectivity index (χ0n) is 19.3. The number of hydrogen-bond donors (Lipinski definition) is 1. The minimum Gasteiger partial charge on any atom is -0.496 e. The van der Waals surface area contributed by atoms with E-state index in [1.807, 2.05) is 29.2 Å². The Morgan fingerprint density at radius 2 is 1.79 bits per heavy atom. The molecule has 4 rings (SSSR count). The Morgan fingerprint density at radius 3 is 2.52 bits per heavy atom. The summed E-state index contributed by atoms with van der Waals surface area (Å²) in [6, 6.07) is 12.3. The molecule has 174 valence electrons. The van der Waals surface area contributed by atoms with Gasteiger partial charge in [0.1, 0.15) is 11.8 Å². The molecule has 7 heteroatoms. The second-order valence-electron chi connectivity index (χ2n) is 8.62. The normalized spacial score (nSPS) is 17.8. The van der Waals surface area contributed by atoms with Crippen molar-refractivity contribution in [1.82, 2.24) is 9.80 Å². The van der Waals surface area contributed by atoms with Crippen LogP contribution >= 0.6 is 0 Å². The number of carbonyl (C=O) groups excluding carboxylic acids is 3. The van der Waals surface area contributed by atoms with Gasteiger partial charge in [0, 0.05) is 38.2 Å². The molecule has 0 radical (unpaired) electrons. The van der Waals surface area contributed by atoms with Crippen molar-refractivity contribution in [2.45, 2.75) is 51.6 Å². The number of anilines is 1. The van der Waals surface area contributed by atoms with Crippen molar-refractivity contribution in [3.8, 4) is 5.75 Å². The number of nitrogens with one attached hydrogen (secondary N) is 1. The van der Waals surface area contributed by atoms with Gasteiger partial charge in [0.2, 0.25) is 11.8 Å². The van der Waals surface area contributed by atoms with E-state index in [0.29, 0.717) is 36.4 Å². The molecule has 2 aliphatic heterocycles. The van der Waals surface area contributed by atoms with E-state index in [1.165, 1.54) is 7.11 Å². The highest BCUT2D eigenvalue weighted by Gasteiger charge is 2.38. The summed E-state index contributed by atoms with van der Waals surface area (Å²) in [5, 5.41) is 2.88. The predicted molar refractivity (Wildman–Crippen MR) is 126 cm³/mol. The first kappa shape index (κ1) is 22.8. The van der Waals surface area contributed by atoms with Crippen LogP contribution in [0, 0.1) is 0 Å². The van der Waals surface area contributed by atoms with Crippen molar-refractivity contribution in [2.24, 2.45) is 0 Å². The topological polar surface area (TPSA) is 79.0 Å². The van der Waals surface area contributed by atoms with Gasteiger partial charge in [0.25, 0.3) is 5.91 Å². The van der Waals surface area contributed by atoms with Crippen molar-refractivity contribution in [2.75, 3.05) is 25.5 Å². The lowest BCUT2D eigenvalue weighted by Crippen LogP contribution is -2.54. The lowest BCUT2D eigenvalue weighted by atomic mass is 9.91. The fraction of sp³-hybridized carbons (Fsp3) is 0.423. The van der Waals surface area contributed by atoms with Crippen molar-refractivity contribution in [3.63, 3.8) is 0 Å². The summed E-state index contributed by atoms with van der Waals surface area (Å²) < 4.78 is 5.42. The fourth-order valence-corrected chi connectivity index (χ4v) is 4.65. The van der Waals surface area contributed by atoms with E-state index >= 15 is 0 Å². The minimum atomic E-state index is -0.566. The van der Waals surface area contributed by atoms with Crippen molar-refractivity contribution < 1.29 is 19.1 Å². The van der Waals surface area contributed by atoms with Gasteiger partial charge in [-0.25, -0.2) is 0 Å². The van der Waals surface area contributed by atoms with Gasteiger partial charge in [-0.1, -0.05) is 25.1 Å². The van der Waals surface area contributed by atoms with Crippen molar-refractivity contribution >= 4 is 23.4 Å². The molecule has 2 heterocycles. The number of ether oxygens (including phenoxy) is 1. The average molecular weight is 450 g/mol. The first-order valence-electron chi connectivity index (χ1n) is 11.7. The van der Waals surface area contributed by atoms with E-state index < -0.39 is 6.04 Å². The third kappa shape index (κ3) is 4.87. The molecule has 0 saturated carbocycles. The highest BCUT2D eigenvalue weighted by Crippen LogP contribution is 2.31. The van der Waals surface area contributed by atoms with E-state index in [1.54, 1.807) is 30.0 Å². The van der Waals surface area contributed by atoms with Crippen LogP contribution in [0.2, 0.25) is 0 Å². The van der Waals surface area contributed by atoms with Crippen LogP contribution in [-0.2, 0) is 22.6 Å². The van der Waals surface area contributed by atoms with E-state index in [4.69, 9.17) is 4.74 Å². The molecule has 1 saturated heterocycles. The van der Waals surface area contributed by atoms with Crippen LogP contribution in [0.3, 0.4) is 0 Å². The summed E-state index contributed by atoms with van der Waals surface area (Å²) in [5.74, 6) is 0.204. The smallest absolute Gasteiger partial charge is 0.258 e. The number of amides is 3. The van der Waals surface area contributed by atoms with E-state index in [2.05, 4.69) is 5.32 Å². The number of benzene rings is 2. The van der Waals surface area contributed by atoms with Crippen LogP contribution in [-0.4, -0.2) is 53.8 Å². The number of methoxy groups -OCH3 is 1. The Morgan fingerprint density at radius 1 is 1.03 bits per heavy atom. The van der Waals surface area contributed by atoms with Gasteiger partial charge in [-0.05, 0) is 54.7 Å². The van der Waals surface area contributed by atoms with Crippen LogP contribution in [0.1, 0.15) is 54.1 Å².